The number of rotatable bonds is 11. The number of hydrogen-bond acceptors (Lipinski definition) is 8. The Morgan fingerprint density at radius 3 is 2.27 bits per heavy atom. The second kappa shape index (κ2) is 15.8. The first-order valence-electron chi connectivity index (χ1n) is 16.8. The molecule has 1 aromatic heterocycles. The maximum Gasteiger partial charge on any atom is 0.251 e. The molecule has 1 aliphatic heterocycles. The van der Waals surface area contributed by atoms with Gasteiger partial charge in [-0.3, -0.25) is 14.4 Å². The summed E-state index contributed by atoms with van der Waals surface area (Å²) in [6.45, 7) is 2.46. The summed E-state index contributed by atoms with van der Waals surface area (Å²) in [6, 6.07) is 22.1. The first-order chi connectivity index (χ1) is 23.4. The van der Waals surface area contributed by atoms with Gasteiger partial charge in [0.2, 0.25) is 17.6 Å². The van der Waals surface area contributed by atoms with Gasteiger partial charge in [-0.1, -0.05) is 36.4 Å². The van der Waals surface area contributed by atoms with Gasteiger partial charge in [0, 0.05) is 35.2 Å². The molecule has 0 radical (unpaired) electrons. The smallest absolute Gasteiger partial charge is 0.251 e. The van der Waals surface area contributed by atoms with Crippen LogP contribution in [0.5, 0.6) is 0 Å². The molecule has 1 aliphatic carbocycles. The van der Waals surface area contributed by atoms with Crippen molar-refractivity contribution in [3.8, 4) is 22.5 Å². The fourth-order valence-electron chi connectivity index (χ4n) is 6.52. The molecular weight excluding hydrogens is 606 g/mol. The zero-order valence-electron chi connectivity index (χ0n) is 27.0. The van der Waals surface area contributed by atoms with Crippen LogP contribution in [0.2, 0.25) is 0 Å². The van der Waals surface area contributed by atoms with Crippen LogP contribution in [0.1, 0.15) is 54.4 Å². The lowest BCUT2D eigenvalue weighted by molar-refractivity contribution is -0.130. The quantitative estimate of drug-likeness (QED) is 0.143. The normalized spacial score (nSPS) is 18.9. The van der Waals surface area contributed by atoms with Gasteiger partial charge in [-0.15, -0.1) is 10.2 Å². The molecule has 3 aromatic carbocycles. The summed E-state index contributed by atoms with van der Waals surface area (Å²) in [6.07, 6.45) is 5.54. The molecule has 0 bridgehead atoms. The van der Waals surface area contributed by atoms with E-state index in [-0.39, 0.29) is 29.7 Å². The van der Waals surface area contributed by atoms with Gasteiger partial charge in [0.15, 0.2) is 0 Å². The number of aromatic nitrogens is 4. The Labute approximate surface area is 280 Å². The van der Waals surface area contributed by atoms with Crippen LogP contribution in [0.3, 0.4) is 0 Å². The summed E-state index contributed by atoms with van der Waals surface area (Å²) < 4.78 is 0. The molecule has 7 N–H and O–H groups in total. The Kier molecular flexibility index (Phi) is 10.8. The minimum absolute atomic E-state index is 0.0640. The van der Waals surface area contributed by atoms with Crippen LogP contribution in [0, 0.1) is 11.8 Å². The molecule has 48 heavy (non-hydrogen) atoms. The van der Waals surface area contributed by atoms with E-state index in [1.165, 1.54) is 0 Å². The third kappa shape index (κ3) is 8.50. The van der Waals surface area contributed by atoms with Crippen LogP contribution >= 0.6 is 0 Å². The first kappa shape index (κ1) is 33.0. The molecule has 1 saturated heterocycles. The van der Waals surface area contributed by atoms with Crippen molar-refractivity contribution in [3.05, 3.63) is 83.9 Å². The molecule has 2 heterocycles. The van der Waals surface area contributed by atoms with Crippen molar-refractivity contribution in [1.29, 1.82) is 0 Å². The maximum absolute atomic E-state index is 13.7. The third-order valence-corrected chi connectivity index (χ3v) is 9.47. The van der Waals surface area contributed by atoms with E-state index < -0.39 is 6.04 Å². The topological polar surface area (TPSA) is 180 Å². The highest BCUT2D eigenvalue weighted by Gasteiger charge is 2.29. The van der Waals surface area contributed by atoms with Gasteiger partial charge in [0.1, 0.15) is 6.04 Å². The Hall–Kier alpha value is -4.94. The lowest BCUT2D eigenvalue weighted by Crippen LogP contribution is -2.48. The van der Waals surface area contributed by atoms with E-state index in [9.17, 15) is 14.4 Å². The molecule has 0 spiro atoms. The van der Waals surface area contributed by atoms with Crippen molar-refractivity contribution in [3.63, 3.8) is 0 Å². The summed E-state index contributed by atoms with van der Waals surface area (Å²) in [7, 11) is 0. The summed E-state index contributed by atoms with van der Waals surface area (Å²) in [5, 5.41) is 26.5. The van der Waals surface area contributed by atoms with Crippen LogP contribution in [0.4, 0.5) is 5.69 Å². The van der Waals surface area contributed by atoms with Crippen molar-refractivity contribution in [2.75, 3.05) is 25.0 Å². The van der Waals surface area contributed by atoms with Crippen molar-refractivity contribution >= 4 is 23.4 Å². The van der Waals surface area contributed by atoms with Gasteiger partial charge >= 0.3 is 0 Å². The van der Waals surface area contributed by atoms with Crippen LogP contribution in [0.15, 0.2) is 72.8 Å². The number of piperidine rings is 1. The number of anilines is 1. The summed E-state index contributed by atoms with van der Waals surface area (Å²) in [5.74, 6) is 0.298. The first-order valence-corrected chi connectivity index (χ1v) is 16.8. The number of carbonyl (C=O) groups excluding carboxylic acids is 3. The standard InChI is InChI=1S/C36H43N9O3/c37-22-24-6-10-27(11-7-24)34(46)41-32(36(48)40-30-14-12-26(13-15-30)33-42-44-45-43-33)20-23-4-8-25(9-5-23)28-2-1-3-29(21-28)35(47)39-31-16-18-38-19-17-31/h1-5,8-9,12-15,21,24,27,31-32,38H,6-7,10-11,16-20,22,37H2,(H,39,47)(H,40,48)(H,41,46)(H,42,43,44,45)/t24?,27?,32-/m0/s1. The number of H-pyrrole nitrogens is 1. The number of nitrogens with two attached hydrogens (primary N) is 1. The van der Waals surface area contributed by atoms with E-state index in [0.717, 1.165) is 73.9 Å². The second-order valence-corrected chi connectivity index (χ2v) is 12.8. The number of tetrazole rings is 1. The molecule has 2 aliphatic rings. The van der Waals surface area contributed by atoms with Crippen molar-refractivity contribution in [2.45, 2.75) is 57.0 Å². The number of nitrogens with one attached hydrogen (secondary N) is 5. The van der Waals surface area contributed by atoms with E-state index in [1.54, 1.807) is 24.3 Å². The van der Waals surface area contributed by atoms with Gasteiger partial charge in [-0.05, 0) is 122 Å². The number of amides is 3. The zero-order chi connectivity index (χ0) is 33.3. The van der Waals surface area contributed by atoms with Crippen molar-refractivity contribution < 1.29 is 14.4 Å². The number of aromatic amines is 1. The van der Waals surface area contributed by atoms with Gasteiger partial charge in [-0.2, -0.15) is 5.21 Å². The summed E-state index contributed by atoms with van der Waals surface area (Å²) in [5.41, 5.74) is 10.6. The lowest BCUT2D eigenvalue weighted by atomic mass is 9.81. The maximum atomic E-state index is 13.7. The number of carbonyl (C=O) groups is 3. The molecule has 3 amide bonds. The van der Waals surface area contributed by atoms with Crippen molar-refractivity contribution in [1.82, 2.24) is 36.6 Å². The second-order valence-electron chi connectivity index (χ2n) is 12.8. The molecule has 250 valence electrons. The Morgan fingerprint density at radius 1 is 0.854 bits per heavy atom. The van der Waals surface area contributed by atoms with E-state index in [0.29, 0.717) is 36.0 Å². The predicted molar refractivity (Wildman–Crippen MR) is 184 cm³/mol. The molecule has 1 saturated carbocycles. The Morgan fingerprint density at radius 2 is 1.58 bits per heavy atom. The van der Waals surface area contributed by atoms with Gasteiger partial charge in [0.05, 0.1) is 0 Å². The van der Waals surface area contributed by atoms with E-state index in [4.69, 9.17) is 5.73 Å². The largest absolute Gasteiger partial charge is 0.349 e. The average Bonchev–Trinajstić information content (AvgIpc) is 3.68. The Bertz CT molecular complexity index is 1660. The molecule has 12 heteroatoms. The molecule has 6 rings (SSSR count). The van der Waals surface area contributed by atoms with Gasteiger partial charge < -0.3 is 27.0 Å². The highest BCUT2D eigenvalue weighted by molar-refractivity contribution is 5.98. The number of hydrogen-bond donors (Lipinski definition) is 6. The lowest BCUT2D eigenvalue weighted by Gasteiger charge is -2.28. The Balaban J connectivity index is 1.14. The number of benzene rings is 3. The van der Waals surface area contributed by atoms with Crippen LogP contribution in [0.25, 0.3) is 22.5 Å². The third-order valence-electron chi connectivity index (χ3n) is 9.47. The predicted octanol–water partition coefficient (Wildman–Crippen LogP) is 3.45. The highest BCUT2D eigenvalue weighted by Crippen LogP contribution is 2.29. The fraction of sp³-hybridized carbons (Fsp3) is 0.389. The molecule has 12 nitrogen and oxygen atoms in total. The van der Waals surface area contributed by atoms with Gasteiger partial charge in [0.25, 0.3) is 5.91 Å². The minimum atomic E-state index is -0.783. The van der Waals surface area contributed by atoms with E-state index >= 15 is 0 Å². The molecule has 1 atom stereocenters. The highest BCUT2D eigenvalue weighted by atomic mass is 16.2. The monoisotopic (exact) mass is 649 g/mol. The molecule has 4 aromatic rings. The van der Waals surface area contributed by atoms with Crippen LogP contribution in [-0.4, -0.2) is 70.1 Å². The average molecular weight is 650 g/mol. The molecule has 2 fully saturated rings. The van der Waals surface area contributed by atoms with E-state index in [2.05, 4.69) is 41.9 Å². The zero-order valence-corrected chi connectivity index (χ0v) is 27.0. The van der Waals surface area contributed by atoms with Crippen molar-refractivity contribution in [2.24, 2.45) is 17.6 Å². The fourth-order valence-corrected chi connectivity index (χ4v) is 6.52. The van der Waals surface area contributed by atoms with Crippen LogP contribution in [-0.2, 0) is 16.0 Å². The number of nitrogens with zero attached hydrogens (tertiary/aromatic N) is 3. The summed E-state index contributed by atoms with van der Waals surface area (Å²) in [4.78, 5) is 40.0. The summed E-state index contributed by atoms with van der Waals surface area (Å²) >= 11 is 0. The van der Waals surface area contributed by atoms with Gasteiger partial charge in [-0.25, -0.2) is 0 Å². The molecular formula is C36H43N9O3. The molecule has 0 unspecified atom stereocenters. The SMILES string of the molecule is NCC1CCC(C(=O)N[C@@H](Cc2ccc(-c3cccc(C(=O)NC4CCNCC4)c3)cc2)C(=O)Nc2ccc(-c3nn[nH]n3)cc2)CC1. The minimum Gasteiger partial charge on any atom is -0.349 e. The van der Waals surface area contributed by atoms with E-state index in [1.807, 2.05) is 48.5 Å². The van der Waals surface area contributed by atoms with Crippen LogP contribution < -0.4 is 27.0 Å².